The minimum atomic E-state index is -0.223. The van der Waals surface area contributed by atoms with Gasteiger partial charge in [0.25, 0.3) is 0 Å². The van der Waals surface area contributed by atoms with Crippen LogP contribution < -0.4 is 10.6 Å². The third kappa shape index (κ3) is 5.13. The minimum absolute atomic E-state index is 0.00508. The highest BCUT2D eigenvalue weighted by Crippen LogP contribution is 2.30. The molecule has 1 aliphatic carbocycles. The maximum atomic E-state index is 12.3. The Labute approximate surface area is 180 Å². The molecule has 4 rings (SSSR count). The van der Waals surface area contributed by atoms with Gasteiger partial charge < -0.3 is 10.6 Å². The molecule has 0 radical (unpaired) electrons. The van der Waals surface area contributed by atoms with E-state index in [0.717, 1.165) is 47.5 Å². The summed E-state index contributed by atoms with van der Waals surface area (Å²) in [5.41, 5.74) is 3.60. The van der Waals surface area contributed by atoms with Crippen LogP contribution in [0.2, 0.25) is 0 Å². The van der Waals surface area contributed by atoms with Gasteiger partial charge in [0.05, 0.1) is 12.2 Å². The molecule has 1 heterocycles. The predicted octanol–water partition coefficient (Wildman–Crippen LogP) is 5.11. The molecule has 154 valence electrons. The lowest BCUT2D eigenvalue weighted by molar-refractivity contribution is -0.128. The first-order valence-electron chi connectivity index (χ1n) is 10.4. The maximum Gasteiger partial charge on any atom is 0.243 e. The van der Waals surface area contributed by atoms with Gasteiger partial charge in [0.15, 0.2) is 0 Å². The number of thiazole rings is 1. The Morgan fingerprint density at radius 1 is 0.967 bits per heavy atom. The number of carbonyl (C=O) groups excluding carboxylic acids is 2. The zero-order chi connectivity index (χ0) is 20.8. The van der Waals surface area contributed by atoms with E-state index >= 15 is 0 Å². The summed E-state index contributed by atoms with van der Waals surface area (Å²) in [6, 6.07) is 17.7. The van der Waals surface area contributed by atoms with Crippen LogP contribution in [0.1, 0.15) is 32.1 Å². The van der Waals surface area contributed by atoms with Gasteiger partial charge in [-0.15, -0.1) is 11.3 Å². The molecule has 2 N–H and O–H groups in total. The number of nitrogens with zero attached hydrogens (tertiary/aromatic N) is 1. The average Bonchev–Trinajstić information content (AvgIpc) is 3.29. The number of amides is 2. The van der Waals surface area contributed by atoms with E-state index in [2.05, 4.69) is 10.6 Å². The highest BCUT2D eigenvalue weighted by atomic mass is 32.1. The van der Waals surface area contributed by atoms with Gasteiger partial charge in [-0.25, -0.2) is 4.98 Å². The van der Waals surface area contributed by atoms with E-state index in [4.69, 9.17) is 4.98 Å². The Morgan fingerprint density at radius 2 is 1.73 bits per heavy atom. The van der Waals surface area contributed by atoms with Gasteiger partial charge in [-0.1, -0.05) is 61.7 Å². The molecule has 30 heavy (non-hydrogen) atoms. The molecule has 0 atom stereocenters. The summed E-state index contributed by atoms with van der Waals surface area (Å²) < 4.78 is 0. The number of anilines is 1. The molecule has 3 aromatic rings. The molecule has 5 nitrogen and oxygen atoms in total. The van der Waals surface area contributed by atoms with Gasteiger partial charge in [0.2, 0.25) is 11.8 Å². The van der Waals surface area contributed by atoms with Crippen molar-refractivity contribution in [3.8, 4) is 21.8 Å². The Hall–Kier alpha value is -2.99. The first kappa shape index (κ1) is 20.3. The normalized spacial score (nSPS) is 14.3. The lowest BCUT2D eigenvalue weighted by Crippen LogP contribution is -2.37. The molecule has 2 aromatic carbocycles. The Morgan fingerprint density at radius 3 is 2.53 bits per heavy atom. The summed E-state index contributed by atoms with van der Waals surface area (Å²) in [4.78, 5) is 29.2. The number of nitrogens with one attached hydrogen (secondary N) is 2. The van der Waals surface area contributed by atoms with Crippen molar-refractivity contribution in [2.75, 3.05) is 11.9 Å². The smallest absolute Gasteiger partial charge is 0.243 e. The first-order chi connectivity index (χ1) is 14.7. The molecule has 0 bridgehead atoms. The summed E-state index contributed by atoms with van der Waals surface area (Å²) in [6.45, 7) is -0.00554. The predicted molar refractivity (Wildman–Crippen MR) is 121 cm³/mol. The van der Waals surface area contributed by atoms with Gasteiger partial charge in [-0.3, -0.25) is 9.59 Å². The lowest BCUT2D eigenvalue weighted by atomic mass is 9.89. The summed E-state index contributed by atoms with van der Waals surface area (Å²) in [6.07, 6.45) is 5.24. The molecule has 1 aromatic heterocycles. The van der Waals surface area contributed by atoms with Crippen LogP contribution in [0.5, 0.6) is 0 Å². The second-order valence-corrected chi connectivity index (χ2v) is 8.44. The summed E-state index contributed by atoms with van der Waals surface area (Å²) in [5.74, 6) is -0.174. The van der Waals surface area contributed by atoms with Crippen molar-refractivity contribution in [1.82, 2.24) is 10.3 Å². The molecule has 0 unspecified atom stereocenters. The third-order valence-corrected chi connectivity index (χ3v) is 6.26. The third-order valence-electron chi connectivity index (χ3n) is 5.37. The van der Waals surface area contributed by atoms with Crippen molar-refractivity contribution in [3.05, 3.63) is 60.0 Å². The van der Waals surface area contributed by atoms with E-state index in [1.54, 1.807) is 11.3 Å². The van der Waals surface area contributed by atoms with Gasteiger partial charge in [0, 0.05) is 28.1 Å². The Bertz CT molecular complexity index is 1010. The molecule has 0 aliphatic heterocycles. The van der Waals surface area contributed by atoms with Crippen molar-refractivity contribution < 1.29 is 9.59 Å². The van der Waals surface area contributed by atoms with E-state index in [-0.39, 0.29) is 24.3 Å². The molecule has 2 amide bonds. The fourth-order valence-corrected chi connectivity index (χ4v) is 4.59. The molecule has 6 heteroatoms. The monoisotopic (exact) mass is 419 g/mol. The van der Waals surface area contributed by atoms with Gasteiger partial charge >= 0.3 is 0 Å². The second kappa shape index (κ2) is 9.67. The van der Waals surface area contributed by atoms with Crippen LogP contribution in [0.3, 0.4) is 0 Å². The Balaban J connectivity index is 1.36. The van der Waals surface area contributed by atoms with E-state index in [9.17, 15) is 9.59 Å². The van der Waals surface area contributed by atoms with Crippen LogP contribution in [0.25, 0.3) is 21.8 Å². The second-order valence-electron chi connectivity index (χ2n) is 7.59. The fourth-order valence-electron chi connectivity index (χ4n) is 3.76. The highest BCUT2D eigenvalue weighted by molar-refractivity contribution is 7.13. The summed E-state index contributed by atoms with van der Waals surface area (Å²) in [5, 5.41) is 8.63. The SMILES string of the molecule is O=C(CNC(=O)C1CCCCC1)Nc1cccc(-c2csc(-c3ccccc3)n2)c1. The number of aromatic nitrogens is 1. The van der Waals surface area contributed by atoms with Gasteiger partial charge in [0.1, 0.15) is 5.01 Å². The van der Waals surface area contributed by atoms with Crippen molar-refractivity contribution in [2.45, 2.75) is 32.1 Å². The standard InChI is InChI=1S/C24H25N3O2S/c28-22(15-25-23(29)17-8-3-1-4-9-17)26-20-13-7-12-19(14-20)21-16-30-24(27-21)18-10-5-2-6-11-18/h2,5-7,10-14,16-17H,1,3-4,8-9,15H2,(H,25,29)(H,26,28). The van der Waals surface area contributed by atoms with Crippen LogP contribution >= 0.6 is 11.3 Å². The molecule has 1 fully saturated rings. The van der Waals surface area contributed by atoms with Gasteiger partial charge in [-0.2, -0.15) is 0 Å². The average molecular weight is 420 g/mol. The largest absolute Gasteiger partial charge is 0.347 e. The molecule has 1 aliphatic rings. The summed E-state index contributed by atoms with van der Waals surface area (Å²) in [7, 11) is 0. The van der Waals surface area contributed by atoms with Crippen molar-refractivity contribution in [3.63, 3.8) is 0 Å². The topological polar surface area (TPSA) is 71.1 Å². The number of rotatable bonds is 6. The van der Waals surface area contributed by atoms with Crippen LogP contribution in [0, 0.1) is 5.92 Å². The maximum absolute atomic E-state index is 12.3. The molecule has 0 saturated heterocycles. The van der Waals surface area contributed by atoms with Crippen molar-refractivity contribution >= 4 is 28.8 Å². The van der Waals surface area contributed by atoms with E-state index in [1.165, 1.54) is 6.42 Å². The number of hydrogen-bond donors (Lipinski definition) is 2. The van der Waals surface area contributed by atoms with E-state index < -0.39 is 0 Å². The van der Waals surface area contributed by atoms with Crippen LogP contribution in [0.15, 0.2) is 60.0 Å². The minimum Gasteiger partial charge on any atom is -0.347 e. The van der Waals surface area contributed by atoms with Crippen molar-refractivity contribution in [1.29, 1.82) is 0 Å². The zero-order valence-corrected chi connectivity index (χ0v) is 17.6. The first-order valence-corrected chi connectivity index (χ1v) is 11.3. The molecule has 1 saturated carbocycles. The molecule has 0 spiro atoms. The lowest BCUT2D eigenvalue weighted by Gasteiger charge is -2.20. The van der Waals surface area contributed by atoms with Crippen molar-refractivity contribution in [2.24, 2.45) is 5.92 Å². The summed E-state index contributed by atoms with van der Waals surface area (Å²) >= 11 is 1.60. The van der Waals surface area contributed by atoms with Gasteiger partial charge in [-0.05, 0) is 25.0 Å². The number of hydrogen-bond acceptors (Lipinski definition) is 4. The molecular weight excluding hydrogens is 394 g/mol. The fraction of sp³-hybridized carbons (Fsp3) is 0.292. The van der Waals surface area contributed by atoms with E-state index in [1.807, 2.05) is 60.0 Å². The quantitative estimate of drug-likeness (QED) is 0.583. The van der Waals surface area contributed by atoms with Crippen LogP contribution in [0.4, 0.5) is 5.69 Å². The zero-order valence-electron chi connectivity index (χ0n) is 16.8. The molecular formula is C24H25N3O2S. The number of carbonyl (C=O) groups is 2. The Kier molecular flexibility index (Phi) is 6.54. The van der Waals surface area contributed by atoms with Crippen LogP contribution in [-0.4, -0.2) is 23.3 Å². The van der Waals surface area contributed by atoms with E-state index in [0.29, 0.717) is 5.69 Å². The highest BCUT2D eigenvalue weighted by Gasteiger charge is 2.21. The number of benzene rings is 2. The van der Waals surface area contributed by atoms with Crippen LogP contribution in [-0.2, 0) is 9.59 Å².